The Bertz CT molecular complexity index is 357. The second kappa shape index (κ2) is 5.30. The Morgan fingerprint density at radius 3 is 3.00 bits per heavy atom. The molecule has 88 valence electrons. The predicted octanol–water partition coefficient (Wildman–Crippen LogP) is 2.77. The monoisotopic (exact) mass is 220 g/mol. The van der Waals surface area contributed by atoms with Gasteiger partial charge in [0.2, 0.25) is 0 Å². The van der Waals surface area contributed by atoms with Crippen LogP contribution in [0, 0.1) is 12.8 Å². The van der Waals surface area contributed by atoms with E-state index in [1.54, 1.807) is 0 Å². The minimum atomic E-state index is 0.808. The van der Waals surface area contributed by atoms with Crippen molar-refractivity contribution in [3.8, 4) is 0 Å². The highest BCUT2D eigenvalue weighted by molar-refractivity contribution is 5.03. The fourth-order valence-corrected chi connectivity index (χ4v) is 2.30. The first-order valence-electron chi connectivity index (χ1n) is 6.00. The molecule has 0 fully saturated rings. The smallest absolute Gasteiger partial charge is 0.133 e. The third-order valence-electron chi connectivity index (χ3n) is 3.06. The fraction of sp³-hybridized carbons (Fsp3) is 0.615. The fourth-order valence-electron chi connectivity index (χ4n) is 2.30. The van der Waals surface area contributed by atoms with Gasteiger partial charge >= 0.3 is 0 Å². The zero-order valence-corrected chi connectivity index (χ0v) is 10.1. The van der Waals surface area contributed by atoms with Gasteiger partial charge < -0.3 is 9.42 Å². The van der Waals surface area contributed by atoms with Crippen molar-refractivity contribution in [3.63, 3.8) is 0 Å². The summed E-state index contributed by atoms with van der Waals surface area (Å²) in [6, 6.07) is 2.01. The van der Waals surface area contributed by atoms with Crippen molar-refractivity contribution in [2.75, 3.05) is 13.6 Å². The third kappa shape index (κ3) is 3.20. The van der Waals surface area contributed by atoms with Crippen LogP contribution in [0.4, 0.5) is 0 Å². The van der Waals surface area contributed by atoms with Gasteiger partial charge in [0.25, 0.3) is 0 Å². The standard InChI is InChI=1S/C13H20N2O/c1-11-8-13(14-16-11)10-15(2)9-12-6-4-3-5-7-12/h3-4,8,12H,5-7,9-10H2,1-2H3. The second-order valence-corrected chi connectivity index (χ2v) is 4.78. The molecule has 0 saturated heterocycles. The van der Waals surface area contributed by atoms with E-state index in [4.69, 9.17) is 4.52 Å². The van der Waals surface area contributed by atoms with E-state index < -0.39 is 0 Å². The molecule has 16 heavy (non-hydrogen) atoms. The topological polar surface area (TPSA) is 29.3 Å². The van der Waals surface area contributed by atoms with Crippen molar-refractivity contribution in [2.45, 2.75) is 32.7 Å². The quantitative estimate of drug-likeness (QED) is 0.731. The van der Waals surface area contributed by atoms with Crippen LogP contribution < -0.4 is 0 Å². The molecular formula is C13H20N2O. The molecule has 1 heterocycles. The summed E-state index contributed by atoms with van der Waals surface area (Å²) >= 11 is 0. The summed E-state index contributed by atoms with van der Waals surface area (Å²) in [7, 11) is 2.16. The molecule has 1 aromatic heterocycles. The van der Waals surface area contributed by atoms with Crippen molar-refractivity contribution in [1.82, 2.24) is 10.1 Å². The Kier molecular flexibility index (Phi) is 3.78. The molecule has 0 saturated carbocycles. The van der Waals surface area contributed by atoms with Crippen molar-refractivity contribution in [3.05, 3.63) is 29.7 Å². The second-order valence-electron chi connectivity index (χ2n) is 4.78. The highest BCUT2D eigenvalue weighted by atomic mass is 16.5. The minimum Gasteiger partial charge on any atom is -0.361 e. The van der Waals surface area contributed by atoms with E-state index in [1.165, 1.54) is 19.3 Å². The SMILES string of the molecule is Cc1cc(CN(C)CC2CC=CCC2)no1. The van der Waals surface area contributed by atoms with Crippen LogP contribution in [0.3, 0.4) is 0 Å². The average molecular weight is 220 g/mol. The van der Waals surface area contributed by atoms with Gasteiger partial charge in [-0.25, -0.2) is 0 Å². The van der Waals surface area contributed by atoms with Gasteiger partial charge in [-0.15, -0.1) is 0 Å². The summed E-state index contributed by atoms with van der Waals surface area (Å²) in [5.74, 6) is 1.70. The molecular weight excluding hydrogens is 200 g/mol. The van der Waals surface area contributed by atoms with Crippen LogP contribution in [0.15, 0.2) is 22.7 Å². The molecule has 3 nitrogen and oxygen atoms in total. The maximum absolute atomic E-state index is 5.07. The van der Waals surface area contributed by atoms with Gasteiger partial charge in [0.15, 0.2) is 0 Å². The number of aromatic nitrogens is 1. The molecule has 1 aliphatic rings. The van der Waals surface area contributed by atoms with Crippen LogP contribution >= 0.6 is 0 Å². The first-order chi connectivity index (χ1) is 7.74. The van der Waals surface area contributed by atoms with Crippen molar-refractivity contribution in [2.24, 2.45) is 5.92 Å². The molecule has 0 radical (unpaired) electrons. The van der Waals surface area contributed by atoms with Crippen LogP contribution in [-0.2, 0) is 6.54 Å². The van der Waals surface area contributed by atoms with Crippen LogP contribution in [0.2, 0.25) is 0 Å². The average Bonchev–Trinajstić information content (AvgIpc) is 2.65. The van der Waals surface area contributed by atoms with Gasteiger partial charge in [0, 0.05) is 19.2 Å². The highest BCUT2D eigenvalue weighted by Gasteiger charge is 2.13. The van der Waals surface area contributed by atoms with E-state index in [0.717, 1.165) is 30.5 Å². The molecule has 2 rings (SSSR count). The third-order valence-corrected chi connectivity index (χ3v) is 3.06. The number of rotatable bonds is 4. The van der Waals surface area contributed by atoms with Gasteiger partial charge in [-0.1, -0.05) is 17.3 Å². The van der Waals surface area contributed by atoms with Crippen molar-refractivity contribution in [1.29, 1.82) is 0 Å². The summed E-state index contributed by atoms with van der Waals surface area (Å²) in [6.07, 6.45) is 8.38. The van der Waals surface area contributed by atoms with Crippen LogP contribution in [0.1, 0.15) is 30.7 Å². The van der Waals surface area contributed by atoms with Crippen LogP contribution in [0.25, 0.3) is 0 Å². The van der Waals surface area contributed by atoms with Gasteiger partial charge in [0.1, 0.15) is 5.76 Å². The van der Waals surface area contributed by atoms with Gasteiger partial charge in [0.05, 0.1) is 5.69 Å². The Hall–Kier alpha value is -1.09. The van der Waals surface area contributed by atoms with E-state index in [1.807, 2.05) is 13.0 Å². The molecule has 1 aromatic rings. The zero-order valence-electron chi connectivity index (χ0n) is 10.1. The largest absolute Gasteiger partial charge is 0.361 e. The van der Waals surface area contributed by atoms with E-state index in [-0.39, 0.29) is 0 Å². The number of hydrogen-bond acceptors (Lipinski definition) is 3. The Labute approximate surface area is 97.1 Å². The summed E-state index contributed by atoms with van der Waals surface area (Å²) in [5, 5.41) is 4.02. The first-order valence-corrected chi connectivity index (χ1v) is 6.00. The van der Waals surface area contributed by atoms with E-state index in [9.17, 15) is 0 Å². The predicted molar refractivity (Wildman–Crippen MR) is 64.1 cm³/mol. The maximum atomic E-state index is 5.07. The number of allylic oxidation sites excluding steroid dienone is 2. The molecule has 0 amide bonds. The summed E-state index contributed by atoms with van der Waals surface area (Å²) in [6.45, 7) is 3.97. The molecule has 3 heteroatoms. The Morgan fingerprint density at radius 1 is 1.50 bits per heavy atom. The molecule has 0 bridgehead atoms. The lowest BCUT2D eigenvalue weighted by atomic mass is 9.94. The Morgan fingerprint density at radius 2 is 2.38 bits per heavy atom. The lowest BCUT2D eigenvalue weighted by molar-refractivity contribution is 0.251. The maximum Gasteiger partial charge on any atom is 0.133 e. The molecule has 1 unspecified atom stereocenters. The van der Waals surface area contributed by atoms with Gasteiger partial charge in [-0.05, 0) is 39.2 Å². The van der Waals surface area contributed by atoms with Crippen molar-refractivity contribution >= 4 is 0 Å². The number of hydrogen-bond donors (Lipinski definition) is 0. The minimum absolute atomic E-state index is 0.808. The number of nitrogens with zero attached hydrogens (tertiary/aromatic N) is 2. The lowest BCUT2D eigenvalue weighted by Crippen LogP contribution is -2.26. The summed E-state index contributed by atoms with van der Waals surface area (Å²) < 4.78 is 5.07. The van der Waals surface area contributed by atoms with Crippen LogP contribution in [-0.4, -0.2) is 23.6 Å². The zero-order chi connectivity index (χ0) is 11.4. The Balaban J connectivity index is 1.79. The summed E-state index contributed by atoms with van der Waals surface area (Å²) in [5.41, 5.74) is 1.03. The molecule has 0 aliphatic heterocycles. The van der Waals surface area contributed by atoms with Gasteiger partial charge in [-0.2, -0.15) is 0 Å². The van der Waals surface area contributed by atoms with E-state index >= 15 is 0 Å². The molecule has 0 spiro atoms. The highest BCUT2D eigenvalue weighted by Crippen LogP contribution is 2.19. The summed E-state index contributed by atoms with van der Waals surface area (Å²) in [4.78, 5) is 2.33. The van der Waals surface area contributed by atoms with E-state index in [2.05, 4.69) is 29.3 Å². The molecule has 0 N–H and O–H groups in total. The van der Waals surface area contributed by atoms with Crippen molar-refractivity contribution < 1.29 is 4.52 Å². The molecule has 0 aromatic carbocycles. The first kappa shape index (κ1) is 11.4. The van der Waals surface area contributed by atoms with E-state index in [0.29, 0.717) is 0 Å². The van der Waals surface area contributed by atoms with Crippen LogP contribution in [0.5, 0.6) is 0 Å². The lowest BCUT2D eigenvalue weighted by Gasteiger charge is -2.23. The number of aryl methyl sites for hydroxylation is 1. The normalized spacial score (nSPS) is 20.6. The molecule has 1 atom stereocenters. The van der Waals surface area contributed by atoms with Gasteiger partial charge in [-0.3, -0.25) is 0 Å². The molecule has 1 aliphatic carbocycles.